The number of nitrogens with one attached hydrogen (secondary N) is 1. The Labute approximate surface area is 66.1 Å². The number of aliphatic hydroxyl groups excluding tert-OH is 1. The van der Waals surface area contributed by atoms with Crippen molar-refractivity contribution in [3.8, 4) is 0 Å². The molecule has 0 spiro atoms. The van der Waals surface area contributed by atoms with Crippen molar-refractivity contribution >= 4 is 5.82 Å². The van der Waals surface area contributed by atoms with Gasteiger partial charge in [-0.2, -0.15) is 0 Å². The fraction of sp³-hybridized carbons (Fsp3) is 0.375. The number of anilines is 1. The quantitative estimate of drug-likeness (QED) is 0.662. The standard InChI is InChI=1S/C8H12N2O/c1-6-3-8(9-2)10-4-7(6)5-11/h3-4,11H,5H2,1-2H3,(H,9,10). The maximum absolute atomic E-state index is 8.82. The van der Waals surface area contributed by atoms with Crippen LogP contribution in [0.15, 0.2) is 12.3 Å². The lowest BCUT2D eigenvalue weighted by atomic mass is 10.2. The van der Waals surface area contributed by atoms with Crippen LogP contribution in [0.5, 0.6) is 0 Å². The molecule has 3 heteroatoms. The Morgan fingerprint density at radius 3 is 2.82 bits per heavy atom. The molecular formula is C8H12N2O. The van der Waals surface area contributed by atoms with Gasteiger partial charge in [-0.25, -0.2) is 4.98 Å². The van der Waals surface area contributed by atoms with Crippen molar-refractivity contribution in [1.82, 2.24) is 4.98 Å². The monoisotopic (exact) mass is 152 g/mol. The summed E-state index contributed by atoms with van der Waals surface area (Å²) >= 11 is 0. The number of hydrogen-bond donors (Lipinski definition) is 2. The maximum atomic E-state index is 8.82. The van der Waals surface area contributed by atoms with Crippen molar-refractivity contribution in [3.05, 3.63) is 23.4 Å². The highest BCUT2D eigenvalue weighted by molar-refractivity contribution is 5.39. The first-order chi connectivity index (χ1) is 5.27. The molecule has 0 fully saturated rings. The molecule has 0 aliphatic rings. The highest BCUT2D eigenvalue weighted by atomic mass is 16.3. The van der Waals surface area contributed by atoms with E-state index in [0.717, 1.165) is 16.9 Å². The minimum absolute atomic E-state index is 0.0584. The number of nitrogens with zero attached hydrogens (tertiary/aromatic N) is 1. The van der Waals surface area contributed by atoms with Gasteiger partial charge in [-0.05, 0) is 24.1 Å². The van der Waals surface area contributed by atoms with E-state index in [2.05, 4.69) is 10.3 Å². The maximum Gasteiger partial charge on any atom is 0.125 e. The third-order valence-corrected chi connectivity index (χ3v) is 1.65. The van der Waals surface area contributed by atoms with E-state index in [-0.39, 0.29) is 6.61 Å². The van der Waals surface area contributed by atoms with Crippen molar-refractivity contribution in [2.45, 2.75) is 13.5 Å². The molecule has 11 heavy (non-hydrogen) atoms. The molecule has 0 aromatic carbocycles. The van der Waals surface area contributed by atoms with Gasteiger partial charge in [-0.3, -0.25) is 0 Å². The second kappa shape index (κ2) is 3.34. The van der Waals surface area contributed by atoms with Gasteiger partial charge >= 0.3 is 0 Å². The van der Waals surface area contributed by atoms with Crippen molar-refractivity contribution < 1.29 is 5.11 Å². The summed E-state index contributed by atoms with van der Waals surface area (Å²) in [5.41, 5.74) is 1.94. The highest BCUT2D eigenvalue weighted by Crippen LogP contribution is 2.10. The van der Waals surface area contributed by atoms with E-state index in [1.54, 1.807) is 6.20 Å². The molecule has 0 aliphatic heterocycles. The van der Waals surface area contributed by atoms with Gasteiger partial charge < -0.3 is 10.4 Å². The number of aromatic nitrogens is 1. The topological polar surface area (TPSA) is 45.1 Å². The van der Waals surface area contributed by atoms with Crippen LogP contribution in [0.3, 0.4) is 0 Å². The molecule has 2 N–H and O–H groups in total. The lowest BCUT2D eigenvalue weighted by Crippen LogP contribution is -1.96. The Morgan fingerprint density at radius 2 is 2.36 bits per heavy atom. The van der Waals surface area contributed by atoms with Crippen LogP contribution in [0, 0.1) is 6.92 Å². The minimum Gasteiger partial charge on any atom is -0.392 e. The van der Waals surface area contributed by atoms with Gasteiger partial charge in [0.15, 0.2) is 0 Å². The Hall–Kier alpha value is -1.09. The van der Waals surface area contributed by atoms with E-state index in [9.17, 15) is 0 Å². The van der Waals surface area contributed by atoms with Crippen LogP contribution in [0.1, 0.15) is 11.1 Å². The molecule has 0 radical (unpaired) electrons. The molecule has 3 nitrogen and oxygen atoms in total. The second-order valence-electron chi connectivity index (χ2n) is 2.40. The van der Waals surface area contributed by atoms with Crippen LogP contribution in [-0.4, -0.2) is 17.1 Å². The van der Waals surface area contributed by atoms with E-state index in [0.29, 0.717) is 0 Å². The van der Waals surface area contributed by atoms with Crippen LogP contribution < -0.4 is 5.32 Å². The van der Waals surface area contributed by atoms with E-state index in [1.165, 1.54) is 0 Å². The summed E-state index contributed by atoms with van der Waals surface area (Å²) in [5.74, 6) is 0.833. The summed E-state index contributed by atoms with van der Waals surface area (Å²) in [6.07, 6.45) is 1.68. The van der Waals surface area contributed by atoms with Gasteiger partial charge in [-0.1, -0.05) is 0 Å². The fourth-order valence-corrected chi connectivity index (χ4v) is 0.887. The number of rotatable bonds is 2. The molecule has 1 aromatic heterocycles. The molecule has 1 heterocycles. The SMILES string of the molecule is CNc1cc(C)c(CO)cn1. The third kappa shape index (κ3) is 1.68. The lowest BCUT2D eigenvalue weighted by Gasteiger charge is -2.03. The minimum atomic E-state index is 0.0584. The Morgan fingerprint density at radius 1 is 1.64 bits per heavy atom. The van der Waals surface area contributed by atoms with Crippen molar-refractivity contribution in [1.29, 1.82) is 0 Å². The van der Waals surface area contributed by atoms with Crippen LogP contribution in [0.4, 0.5) is 5.82 Å². The molecule has 0 saturated carbocycles. The van der Waals surface area contributed by atoms with Gasteiger partial charge in [0.2, 0.25) is 0 Å². The largest absolute Gasteiger partial charge is 0.392 e. The van der Waals surface area contributed by atoms with Gasteiger partial charge in [0.1, 0.15) is 5.82 Å². The molecule has 0 amide bonds. The smallest absolute Gasteiger partial charge is 0.125 e. The molecule has 0 aliphatic carbocycles. The summed E-state index contributed by atoms with van der Waals surface area (Å²) in [5, 5.41) is 11.7. The summed E-state index contributed by atoms with van der Waals surface area (Å²) in [6, 6.07) is 1.91. The van der Waals surface area contributed by atoms with Gasteiger partial charge in [0, 0.05) is 13.2 Å². The molecular weight excluding hydrogens is 140 g/mol. The van der Waals surface area contributed by atoms with Gasteiger partial charge in [-0.15, -0.1) is 0 Å². The predicted molar refractivity (Wildman–Crippen MR) is 44.4 cm³/mol. The summed E-state index contributed by atoms with van der Waals surface area (Å²) in [4.78, 5) is 4.06. The average Bonchev–Trinajstić information content (AvgIpc) is 2.04. The normalized spacial score (nSPS) is 9.73. The fourth-order valence-electron chi connectivity index (χ4n) is 0.887. The molecule has 1 rings (SSSR count). The lowest BCUT2D eigenvalue weighted by molar-refractivity contribution is 0.280. The molecule has 60 valence electrons. The Bertz CT molecular complexity index is 248. The third-order valence-electron chi connectivity index (χ3n) is 1.65. The van der Waals surface area contributed by atoms with E-state index in [4.69, 9.17) is 5.11 Å². The van der Waals surface area contributed by atoms with Gasteiger partial charge in [0.25, 0.3) is 0 Å². The summed E-state index contributed by atoms with van der Waals surface area (Å²) in [6.45, 7) is 2.01. The van der Waals surface area contributed by atoms with Crippen LogP contribution in [-0.2, 0) is 6.61 Å². The van der Waals surface area contributed by atoms with Crippen molar-refractivity contribution in [2.75, 3.05) is 12.4 Å². The predicted octanol–water partition coefficient (Wildman–Crippen LogP) is 0.924. The number of pyridine rings is 1. The number of aliphatic hydroxyl groups is 1. The zero-order valence-electron chi connectivity index (χ0n) is 6.76. The number of aryl methyl sites for hydroxylation is 1. The van der Waals surface area contributed by atoms with Crippen molar-refractivity contribution in [3.63, 3.8) is 0 Å². The van der Waals surface area contributed by atoms with Crippen LogP contribution in [0.2, 0.25) is 0 Å². The molecule has 0 atom stereocenters. The Kier molecular flexibility index (Phi) is 2.44. The average molecular weight is 152 g/mol. The first kappa shape index (κ1) is 8.01. The molecule has 1 aromatic rings. The first-order valence-electron chi connectivity index (χ1n) is 3.52. The molecule has 0 saturated heterocycles. The van der Waals surface area contributed by atoms with Crippen LogP contribution >= 0.6 is 0 Å². The van der Waals surface area contributed by atoms with E-state index in [1.807, 2.05) is 20.0 Å². The van der Waals surface area contributed by atoms with E-state index < -0.39 is 0 Å². The zero-order valence-corrected chi connectivity index (χ0v) is 6.76. The highest BCUT2D eigenvalue weighted by Gasteiger charge is 1.97. The second-order valence-corrected chi connectivity index (χ2v) is 2.40. The zero-order chi connectivity index (χ0) is 8.27. The first-order valence-corrected chi connectivity index (χ1v) is 3.52. The van der Waals surface area contributed by atoms with E-state index >= 15 is 0 Å². The van der Waals surface area contributed by atoms with Crippen molar-refractivity contribution in [2.24, 2.45) is 0 Å². The van der Waals surface area contributed by atoms with Crippen LogP contribution in [0.25, 0.3) is 0 Å². The summed E-state index contributed by atoms with van der Waals surface area (Å²) in [7, 11) is 1.82. The Balaban J connectivity index is 2.99. The molecule has 0 unspecified atom stereocenters. The van der Waals surface area contributed by atoms with Gasteiger partial charge in [0.05, 0.1) is 6.61 Å². The number of hydrogen-bond acceptors (Lipinski definition) is 3. The molecule has 0 bridgehead atoms. The summed E-state index contributed by atoms with van der Waals surface area (Å²) < 4.78 is 0.